The molecular weight excluding hydrogens is 294 g/mol. The van der Waals surface area contributed by atoms with Gasteiger partial charge in [-0.05, 0) is 18.9 Å². The quantitative estimate of drug-likeness (QED) is 0.917. The van der Waals surface area contributed by atoms with Crippen LogP contribution in [0.25, 0.3) is 0 Å². The molecule has 120 valence electrons. The Balaban J connectivity index is 1.77. The molecule has 0 spiro atoms. The van der Waals surface area contributed by atoms with Gasteiger partial charge < -0.3 is 14.7 Å². The van der Waals surface area contributed by atoms with Crippen LogP contribution in [0.15, 0.2) is 40.9 Å². The van der Waals surface area contributed by atoms with E-state index in [1.807, 2.05) is 30.3 Å². The molecule has 0 aliphatic carbocycles. The van der Waals surface area contributed by atoms with Gasteiger partial charge in [0.05, 0.1) is 6.04 Å². The van der Waals surface area contributed by atoms with Crippen molar-refractivity contribution in [1.29, 1.82) is 0 Å². The summed E-state index contributed by atoms with van der Waals surface area (Å²) in [6.07, 6.45) is 1.45. The zero-order valence-electron chi connectivity index (χ0n) is 13.0. The molecule has 1 aliphatic heterocycles. The van der Waals surface area contributed by atoms with Crippen molar-refractivity contribution in [1.82, 2.24) is 15.4 Å². The van der Waals surface area contributed by atoms with Crippen LogP contribution in [0.1, 0.15) is 40.7 Å². The molecule has 2 amide bonds. The fourth-order valence-electron chi connectivity index (χ4n) is 2.74. The highest BCUT2D eigenvalue weighted by Crippen LogP contribution is 2.19. The van der Waals surface area contributed by atoms with Crippen LogP contribution in [0.3, 0.4) is 0 Å². The summed E-state index contributed by atoms with van der Waals surface area (Å²) in [4.78, 5) is 26.0. The van der Waals surface area contributed by atoms with Gasteiger partial charge in [-0.1, -0.05) is 35.5 Å². The smallest absolute Gasteiger partial charge is 0.274 e. The normalized spacial score (nSPS) is 15.7. The van der Waals surface area contributed by atoms with Crippen molar-refractivity contribution in [3.63, 3.8) is 0 Å². The summed E-state index contributed by atoms with van der Waals surface area (Å²) in [7, 11) is 0. The van der Waals surface area contributed by atoms with Gasteiger partial charge >= 0.3 is 0 Å². The second kappa shape index (κ2) is 6.64. The number of aromatic nitrogens is 1. The average Bonchev–Trinajstić information content (AvgIpc) is 3.16. The Morgan fingerprint density at radius 2 is 2.17 bits per heavy atom. The van der Waals surface area contributed by atoms with Crippen molar-refractivity contribution < 1.29 is 14.1 Å². The third kappa shape index (κ3) is 3.59. The van der Waals surface area contributed by atoms with Crippen molar-refractivity contribution in [2.24, 2.45) is 0 Å². The summed E-state index contributed by atoms with van der Waals surface area (Å²) in [6.45, 7) is 2.94. The third-order valence-corrected chi connectivity index (χ3v) is 3.94. The van der Waals surface area contributed by atoms with Gasteiger partial charge in [-0.2, -0.15) is 0 Å². The summed E-state index contributed by atoms with van der Waals surface area (Å²) in [5, 5.41) is 6.70. The maximum Gasteiger partial charge on any atom is 0.274 e. The number of aryl methyl sites for hydroxylation is 1. The first kappa shape index (κ1) is 15.3. The van der Waals surface area contributed by atoms with E-state index in [4.69, 9.17) is 4.52 Å². The molecule has 3 rings (SSSR count). The summed E-state index contributed by atoms with van der Waals surface area (Å²) >= 11 is 0. The van der Waals surface area contributed by atoms with Gasteiger partial charge in [-0.25, -0.2) is 0 Å². The predicted molar refractivity (Wildman–Crippen MR) is 83.7 cm³/mol. The van der Waals surface area contributed by atoms with Gasteiger partial charge in [0.1, 0.15) is 5.76 Å². The Kier molecular flexibility index (Phi) is 4.41. The maximum atomic E-state index is 12.4. The van der Waals surface area contributed by atoms with Crippen molar-refractivity contribution in [2.45, 2.75) is 25.8 Å². The summed E-state index contributed by atoms with van der Waals surface area (Å²) in [6, 6.07) is 11.0. The van der Waals surface area contributed by atoms with Crippen LogP contribution < -0.4 is 5.32 Å². The second-order valence-corrected chi connectivity index (χ2v) is 5.70. The lowest BCUT2D eigenvalue weighted by Crippen LogP contribution is -2.38. The van der Waals surface area contributed by atoms with E-state index in [0.717, 1.165) is 18.5 Å². The fourth-order valence-corrected chi connectivity index (χ4v) is 2.74. The van der Waals surface area contributed by atoms with Crippen LogP contribution in [-0.4, -0.2) is 35.0 Å². The van der Waals surface area contributed by atoms with Crippen LogP contribution >= 0.6 is 0 Å². The van der Waals surface area contributed by atoms with Crippen molar-refractivity contribution in [3.05, 3.63) is 53.4 Å². The highest BCUT2D eigenvalue weighted by atomic mass is 16.5. The minimum Gasteiger partial charge on any atom is -0.361 e. The highest BCUT2D eigenvalue weighted by molar-refractivity contribution is 5.92. The Morgan fingerprint density at radius 1 is 1.39 bits per heavy atom. The molecule has 2 aromatic rings. The predicted octanol–water partition coefficient (Wildman–Crippen LogP) is 2.08. The molecule has 1 N–H and O–H groups in total. The van der Waals surface area contributed by atoms with Gasteiger partial charge in [0, 0.05) is 25.6 Å². The van der Waals surface area contributed by atoms with Crippen LogP contribution in [0.2, 0.25) is 0 Å². The van der Waals surface area contributed by atoms with E-state index in [1.54, 1.807) is 17.9 Å². The standard InChI is InChI=1S/C17H19N3O3/c1-12-10-14(19-23-12)17(22)18-15(13-6-3-2-4-7-13)11-20-9-5-8-16(20)21/h2-4,6-7,10,15H,5,8-9,11H2,1H3,(H,18,22). The Morgan fingerprint density at radius 3 is 2.78 bits per heavy atom. The number of rotatable bonds is 5. The Bertz CT molecular complexity index is 696. The minimum absolute atomic E-state index is 0.137. The molecule has 23 heavy (non-hydrogen) atoms. The molecular formula is C17H19N3O3. The number of hydrogen-bond donors (Lipinski definition) is 1. The molecule has 2 heterocycles. The largest absolute Gasteiger partial charge is 0.361 e. The Hall–Kier alpha value is -2.63. The van der Waals surface area contributed by atoms with Gasteiger partial charge in [-0.15, -0.1) is 0 Å². The zero-order valence-corrected chi connectivity index (χ0v) is 13.0. The summed E-state index contributed by atoms with van der Waals surface area (Å²) in [5.74, 6) is 0.418. The van der Waals surface area contributed by atoms with E-state index in [1.165, 1.54) is 0 Å². The van der Waals surface area contributed by atoms with E-state index in [-0.39, 0.29) is 23.6 Å². The zero-order chi connectivity index (χ0) is 16.2. The van der Waals surface area contributed by atoms with Crippen LogP contribution in [-0.2, 0) is 4.79 Å². The van der Waals surface area contributed by atoms with Gasteiger partial charge in [0.15, 0.2) is 5.69 Å². The number of likely N-dealkylation sites (tertiary alicyclic amines) is 1. The number of carbonyl (C=O) groups excluding carboxylic acids is 2. The molecule has 0 radical (unpaired) electrons. The number of benzene rings is 1. The molecule has 1 aromatic carbocycles. The third-order valence-electron chi connectivity index (χ3n) is 3.94. The maximum absolute atomic E-state index is 12.4. The van der Waals surface area contributed by atoms with Crippen LogP contribution in [0.5, 0.6) is 0 Å². The molecule has 0 bridgehead atoms. The SMILES string of the molecule is Cc1cc(C(=O)NC(CN2CCCC2=O)c2ccccc2)no1. The lowest BCUT2D eigenvalue weighted by Gasteiger charge is -2.24. The molecule has 1 aromatic heterocycles. The Labute approximate surface area is 134 Å². The van der Waals surface area contributed by atoms with Crippen LogP contribution in [0.4, 0.5) is 0 Å². The van der Waals surface area contributed by atoms with Crippen LogP contribution in [0, 0.1) is 6.92 Å². The van der Waals surface area contributed by atoms with E-state index in [9.17, 15) is 9.59 Å². The molecule has 1 atom stereocenters. The van der Waals surface area contributed by atoms with E-state index in [2.05, 4.69) is 10.5 Å². The molecule has 6 nitrogen and oxygen atoms in total. The van der Waals surface area contributed by atoms with Gasteiger partial charge in [0.2, 0.25) is 5.91 Å². The number of carbonyl (C=O) groups is 2. The first-order valence-electron chi connectivity index (χ1n) is 7.70. The lowest BCUT2D eigenvalue weighted by atomic mass is 10.1. The molecule has 1 aliphatic rings. The van der Waals surface area contributed by atoms with Crippen molar-refractivity contribution >= 4 is 11.8 Å². The topological polar surface area (TPSA) is 75.4 Å². The van der Waals surface area contributed by atoms with Crippen molar-refractivity contribution in [3.8, 4) is 0 Å². The number of hydrogen-bond acceptors (Lipinski definition) is 4. The first-order valence-corrected chi connectivity index (χ1v) is 7.70. The summed E-state index contributed by atoms with van der Waals surface area (Å²) in [5.41, 5.74) is 1.21. The molecule has 1 fully saturated rings. The fraction of sp³-hybridized carbons (Fsp3) is 0.353. The number of amides is 2. The first-order chi connectivity index (χ1) is 11.1. The molecule has 6 heteroatoms. The van der Waals surface area contributed by atoms with E-state index >= 15 is 0 Å². The van der Waals surface area contributed by atoms with E-state index in [0.29, 0.717) is 18.7 Å². The molecule has 1 unspecified atom stereocenters. The monoisotopic (exact) mass is 313 g/mol. The lowest BCUT2D eigenvalue weighted by molar-refractivity contribution is -0.128. The summed E-state index contributed by atoms with van der Waals surface area (Å²) < 4.78 is 4.95. The average molecular weight is 313 g/mol. The minimum atomic E-state index is -0.303. The molecule has 1 saturated heterocycles. The number of nitrogens with zero attached hydrogens (tertiary/aromatic N) is 2. The van der Waals surface area contributed by atoms with Crippen molar-refractivity contribution in [2.75, 3.05) is 13.1 Å². The van der Waals surface area contributed by atoms with Gasteiger partial charge in [0.25, 0.3) is 5.91 Å². The second-order valence-electron chi connectivity index (χ2n) is 5.70. The van der Waals surface area contributed by atoms with Gasteiger partial charge in [-0.3, -0.25) is 9.59 Å². The van der Waals surface area contributed by atoms with E-state index < -0.39 is 0 Å². The number of nitrogens with one attached hydrogen (secondary N) is 1. The molecule has 0 saturated carbocycles. The highest BCUT2D eigenvalue weighted by Gasteiger charge is 2.26.